The van der Waals surface area contributed by atoms with E-state index in [9.17, 15) is 14.7 Å². The zero-order valence-electron chi connectivity index (χ0n) is 12.3. The van der Waals surface area contributed by atoms with Gasteiger partial charge in [-0.1, -0.05) is 13.8 Å². The first-order valence-corrected chi connectivity index (χ1v) is 7.15. The fourth-order valence-corrected chi connectivity index (χ4v) is 2.84. The van der Waals surface area contributed by atoms with Gasteiger partial charge >= 0.3 is 5.97 Å². The zero-order chi connectivity index (χ0) is 14.9. The minimum absolute atomic E-state index is 0.236. The van der Waals surface area contributed by atoms with Crippen molar-refractivity contribution in [3.63, 3.8) is 0 Å². The van der Waals surface area contributed by atoms with Gasteiger partial charge in [-0.05, 0) is 43.3 Å². The van der Waals surface area contributed by atoms with Crippen LogP contribution < -0.4 is 0 Å². The lowest BCUT2D eigenvalue weighted by molar-refractivity contribution is -0.150. The highest BCUT2D eigenvalue weighted by molar-refractivity contribution is 6.44. The van der Waals surface area contributed by atoms with Crippen molar-refractivity contribution in [1.82, 2.24) is 4.90 Å². The van der Waals surface area contributed by atoms with Gasteiger partial charge in [0, 0.05) is 6.54 Å². The summed E-state index contributed by atoms with van der Waals surface area (Å²) in [5, 5.41) is 9.33. The Morgan fingerprint density at radius 3 is 2.60 bits per heavy atom. The molecule has 5 nitrogen and oxygen atoms in total. The lowest BCUT2D eigenvalue weighted by Crippen LogP contribution is -2.53. The van der Waals surface area contributed by atoms with Crippen molar-refractivity contribution in [2.75, 3.05) is 13.1 Å². The van der Waals surface area contributed by atoms with Crippen LogP contribution >= 0.6 is 0 Å². The topological polar surface area (TPSA) is 70.0 Å². The summed E-state index contributed by atoms with van der Waals surface area (Å²) in [6.07, 6.45) is 3.15. The van der Waals surface area contributed by atoms with Crippen LogP contribution in [0.25, 0.3) is 0 Å². The van der Waals surface area contributed by atoms with Gasteiger partial charge in [-0.3, -0.25) is 9.79 Å². The summed E-state index contributed by atoms with van der Waals surface area (Å²) in [5.41, 5.74) is 1.44. The second kappa shape index (κ2) is 5.77. The molecular weight excluding hydrogens is 256 g/mol. The Labute approximate surface area is 119 Å². The Morgan fingerprint density at radius 1 is 1.40 bits per heavy atom. The second-order valence-electron chi connectivity index (χ2n) is 6.09. The van der Waals surface area contributed by atoms with Gasteiger partial charge in [0.05, 0.1) is 6.54 Å². The first-order chi connectivity index (χ1) is 9.40. The van der Waals surface area contributed by atoms with Gasteiger partial charge in [0.15, 0.2) is 0 Å². The number of likely N-dealkylation sites (tertiary alicyclic amines) is 1. The van der Waals surface area contributed by atoms with Crippen LogP contribution in [0.15, 0.2) is 16.6 Å². The van der Waals surface area contributed by atoms with Gasteiger partial charge < -0.3 is 10.0 Å². The summed E-state index contributed by atoms with van der Waals surface area (Å²) in [5.74, 6) is -0.344. The van der Waals surface area contributed by atoms with Crippen LogP contribution in [0.5, 0.6) is 0 Å². The van der Waals surface area contributed by atoms with Crippen LogP contribution in [0.1, 0.15) is 33.6 Å². The fraction of sp³-hybridized carbons (Fsp3) is 0.667. The Balaban J connectivity index is 2.19. The molecule has 20 heavy (non-hydrogen) atoms. The highest BCUT2D eigenvalue weighted by Crippen LogP contribution is 2.28. The van der Waals surface area contributed by atoms with Crippen LogP contribution in [0.4, 0.5) is 0 Å². The maximum Gasteiger partial charge on any atom is 0.326 e. The number of hydrogen-bond acceptors (Lipinski definition) is 3. The summed E-state index contributed by atoms with van der Waals surface area (Å²) >= 11 is 0. The van der Waals surface area contributed by atoms with Crippen molar-refractivity contribution in [2.45, 2.75) is 39.7 Å². The molecule has 2 aliphatic rings. The van der Waals surface area contributed by atoms with Crippen molar-refractivity contribution in [1.29, 1.82) is 0 Å². The van der Waals surface area contributed by atoms with E-state index in [1.165, 1.54) is 4.90 Å². The van der Waals surface area contributed by atoms with Gasteiger partial charge in [-0.25, -0.2) is 4.79 Å². The van der Waals surface area contributed by atoms with E-state index >= 15 is 0 Å². The predicted octanol–water partition coefficient (Wildman–Crippen LogP) is 1.74. The number of aliphatic imine (C=N–C) groups is 1. The van der Waals surface area contributed by atoms with Crippen LogP contribution in [0, 0.1) is 11.8 Å². The van der Waals surface area contributed by atoms with E-state index in [4.69, 9.17) is 0 Å². The molecule has 2 atom stereocenters. The molecule has 0 bridgehead atoms. The molecule has 2 heterocycles. The number of carbonyl (C=O) groups excluding carboxylic acids is 1. The molecule has 1 N–H and O–H groups in total. The third kappa shape index (κ3) is 2.92. The number of amides is 1. The van der Waals surface area contributed by atoms with Crippen LogP contribution in [0.2, 0.25) is 0 Å². The number of aliphatic carboxylic acids is 1. The SMILES string of the molecule is CC1=CC(C(=O)N2CC(C(C)C)CCC2C(=O)O)=NC1. The van der Waals surface area contributed by atoms with Crippen LogP contribution in [-0.4, -0.2) is 46.7 Å². The van der Waals surface area contributed by atoms with E-state index < -0.39 is 12.0 Å². The number of piperidine rings is 1. The molecular formula is C15H22N2O3. The fourth-order valence-electron chi connectivity index (χ4n) is 2.84. The average molecular weight is 278 g/mol. The quantitative estimate of drug-likeness (QED) is 0.854. The van der Waals surface area contributed by atoms with Gasteiger partial charge in [-0.15, -0.1) is 0 Å². The summed E-state index contributed by atoms with van der Waals surface area (Å²) in [7, 11) is 0. The lowest BCUT2D eigenvalue weighted by Gasteiger charge is -2.39. The second-order valence-corrected chi connectivity index (χ2v) is 6.09. The molecule has 2 aliphatic heterocycles. The summed E-state index contributed by atoms with van der Waals surface area (Å²) in [6.45, 7) is 7.21. The standard InChI is InChI=1S/C15H22N2O3/c1-9(2)11-4-5-13(15(19)20)17(8-11)14(18)12-6-10(3)7-16-12/h6,9,11,13H,4-5,7-8H2,1-3H3,(H,19,20). The van der Waals surface area contributed by atoms with Gasteiger partial charge in [0.2, 0.25) is 0 Å². The Kier molecular flexibility index (Phi) is 4.26. The Morgan fingerprint density at radius 2 is 2.10 bits per heavy atom. The highest BCUT2D eigenvalue weighted by Gasteiger charge is 2.38. The molecule has 5 heteroatoms. The summed E-state index contributed by atoms with van der Waals surface area (Å²) < 4.78 is 0. The molecule has 110 valence electrons. The third-order valence-corrected chi connectivity index (χ3v) is 4.21. The number of carbonyl (C=O) groups is 2. The molecule has 1 saturated heterocycles. The largest absolute Gasteiger partial charge is 0.480 e. The molecule has 0 aromatic rings. The van der Waals surface area contributed by atoms with Gasteiger partial charge in [0.1, 0.15) is 11.8 Å². The molecule has 1 amide bonds. The molecule has 0 saturated carbocycles. The molecule has 0 aliphatic carbocycles. The Bertz CT molecular complexity index is 480. The van der Waals surface area contributed by atoms with E-state index in [2.05, 4.69) is 18.8 Å². The minimum atomic E-state index is -0.917. The maximum atomic E-state index is 12.5. The van der Waals surface area contributed by atoms with Crippen LogP contribution in [0.3, 0.4) is 0 Å². The lowest BCUT2D eigenvalue weighted by atomic mass is 9.84. The first kappa shape index (κ1) is 14.8. The number of carboxylic acids is 1. The minimum Gasteiger partial charge on any atom is -0.480 e. The van der Waals surface area contributed by atoms with E-state index in [1.807, 2.05) is 6.92 Å². The van der Waals surface area contributed by atoms with E-state index in [-0.39, 0.29) is 5.91 Å². The smallest absolute Gasteiger partial charge is 0.326 e. The highest BCUT2D eigenvalue weighted by atomic mass is 16.4. The molecule has 0 aromatic carbocycles. The van der Waals surface area contributed by atoms with E-state index in [0.717, 1.165) is 12.0 Å². The zero-order valence-corrected chi connectivity index (χ0v) is 12.3. The number of hydrogen-bond donors (Lipinski definition) is 1. The maximum absolute atomic E-state index is 12.5. The molecule has 2 unspecified atom stereocenters. The normalized spacial score (nSPS) is 26.5. The van der Waals surface area contributed by atoms with Crippen molar-refractivity contribution >= 4 is 17.6 Å². The Hall–Kier alpha value is -1.65. The number of rotatable bonds is 3. The monoisotopic (exact) mass is 278 g/mol. The molecule has 0 aromatic heterocycles. The van der Waals surface area contributed by atoms with E-state index in [1.54, 1.807) is 6.08 Å². The van der Waals surface area contributed by atoms with E-state index in [0.29, 0.717) is 37.1 Å². The summed E-state index contributed by atoms with van der Waals surface area (Å²) in [4.78, 5) is 29.6. The summed E-state index contributed by atoms with van der Waals surface area (Å²) in [6, 6.07) is -0.713. The number of carboxylic acid groups (broad SMARTS) is 1. The third-order valence-electron chi connectivity index (χ3n) is 4.21. The van der Waals surface area contributed by atoms with Crippen molar-refractivity contribution in [3.8, 4) is 0 Å². The van der Waals surface area contributed by atoms with Gasteiger partial charge in [0.25, 0.3) is 5.91 Å². The first-order valence-electron chi connectivity index (χ1n) is 7.15. The van der Waals surface area contributed by atoms with Crippen molar-refractivity contribution < 1.29 is 14.7 Å². The van der Waals surface area contributed by atoms with Gasteiger partial charge in [-0.2, -0.15) is 0 Å². The van der Waals surface area contributed by atoms with Crippen molar-refractivity contribution in [2.24, 2.45) is 16.8 Å². The van der Waals surface area contributed by atoms with Crippen LogP contribution in [-0.2, 0) is 9.59 Å². The average Bonchev–Trinajstić information content (AvgIpc) is 2.83. The van der Waals surface area contributed by atoms with Crippen molar-refractivity contribution in [3.05, 3.63) is 11.6 Å². The molecule has 0 spiro atoms. The predicted molar refractivity (Wildman–Crippen MR) is 76.8 cm³/mol. The molecule has 1 fully saturated rings. The molecule has 0 radical (unpaired) electrons. The number of nitrogens with zero attached hydrogens (tertiary/aromatic N) is 2. The molecule has 2 rings (SSSR count).